The first kappa shape index (κ1) is 16.0. The minimum Gasteiger partial charge on any atom is -0.187 e. The van der Waals surface area contributed by atoms with Crippen LogP contribution in [-0.4, -0.2) is 0 Å². The molecular formula is C26H22N+. The van der Waals surface area contributed by atoms with Crippen LogP contribution in [0, 0.1) is 0 Å². The van der Waals surface area contributed by atoms with Crippen molar-refractivity contribution >= 4 is 0 Å². The molecular weight excluding hydrogens is 326 g/mol. The number of hydrogen-bond donors (Lipinski definition) is 0. The lowest BCUT2D eigenvalue weighted by atomic mass is 9.88. The summed E-state index contributed by atoms with van der Waals surface area (Å²) in [5, 5.41) is 0. The normalized spacial score (nSPS) is 12.3. The van der Waals surface area contributed by atoms with Gasteiger partial charge in [-0.3, -0.25) is 0 Å². The molecule has 0 saturated heterocycles. The summed E-state index contributed by atoms with van der Waals surface area (Å²) in [5.74, 6) is 0. The number of aryl methyl sites for hydroxylation is 2. The first-order valence-electron chi connectivity index (χ1n) is 9.63. The Morgan fingerprint density at radius 3 is 2.07 bits per heavy atom. The number of hydrogen-bond acceptors (Lipinski definition) is 0. The Bertz CT molecular complexity index is 1080. The summed E-state index contributed by atoms with van der Waals surface area (Å²) in [4.78, 5) is 0. The second-order valence-corrected chi connectivity index (χ2v) is 7.19. The lowest BCUT2D eigenvalue weighted by Gasteiger charge is -2.20. The molecule has 1 aliphatic carbocycles. The molecule has 1 heterocycles. The van der Waals surface area contributed by atoms with Crippen molar-refractivity contribution in [3.8, 4) is 22.5 Å². The molecule has 1 heteroatoms. The van der Waals surface area contributed by atoms with Gasteiger partial charge >= 0.3 is 0 Å². The van der Waals surface area contributed by atoms with Crippen molar-refractivity contribution in [1.82, 2.24) is 0 Å². The van der Waals surface area contributed by atoms with Gasteiger partial charge in [0.25, 0.3) is 0 Å². The van der Waals surface area contributed by atoms with Gasteiger partial charge in [0, 0.05) is 28.3 Å². The van der Waals surface area contributed by atoms with E-state index >= 15 is 0 Å². The number of rotatable bonds is 3. The molecule has 5 rings (SSSR count). The quantitative estimate of drug-likeness (QED) is 0.433. The fraction of sp³-hybridized carbons (Fsp3) is 0.115. The summed E-state index contributed by atoms with van der Waals surface area (Å²) in [6.45, 7) is 0.878. The molecule has 0 unspecified atom stereocenters. The Morgan fingerprint density at radius 1 is 0.593 bits per heavy atom. The molecule has 0 radical (unpaired) electrons. The fourth-order valence-corrected chi connectivity index (χ4v) is 4.19. The van der Waals surface area contributed by atoms with E-state index in [0.29, 0.717) is 0 Å². The molecule has 1 aromatic heterocycles. The lowest BCUT2D eigenvalue weighted by Crippen LogP contribution is -2.41. The molecule has 1 nitrogen and oxygen atoms in total. The maximum Gasteiger partial charge on any atom is 0.216 e. The maximum atomic E-state index is 2.51. The third-order valence-electron chi connectivity index (χ3n) is 5.50. The summed E-state index contributed by atoms with van der Waals surface area (Å²) in [6, 6.07) is 35.0. The smallest absolute Gasteiger partial charge is 0.187 e. The van der Waals surface area contributed by atoms with Gasteiger partial charge in [-0.25, -0.2) is 0 Å². The molecule has 130 valence electrons. The third-order valence-corrected chi connectivity index (χ3v) is 5.50. The second-order valence-electron chi connectivity index (χ2n) is 7.19. The van der Waals surface area contributed by atoms with E-state index in [-0.39, 0.29) is 0 Å². The van der Waals surface area contributed by atoms with E-state index < -0.39 is 0 Å². The van der Waals surface area contributed by atoms with Gasteiger partial charge in [0.15, 0.2) is 6.54 Å². The molecule has 0 N–H and O–H groups in total. The highest BCUT2D eigenvalue weighted by molar-refractivity contribution is 5.69. The molecule has 0 atom stereocenters. The van der Waals surface area contributed by atoms with Crippen molar-refractivity contribution < 1.29 is 4.57 Å². The van der Waals surface area contributed by atoms with Crippen LogP contribution in [0.4, 0.5) is 0 Å². The van der Waals surface area contributed by atoms with E-state index in [4.69, 9.17) is 0 Å². The van der Waals surface area contributed by atoms with Gasteiger partial charge in [-0.1, -0.05) is 66.7 Å². The minimum absolute atomic E-state index is 0.878. The fourth-order valence-electron chi connectivity index (χ4n) is 4.19. The Labute approximate surface area is 160 Å². The van der Waals surface area contributed by atoms with Gasteiger partial charge in [0.05, 0.1) is 0 Å². The van der Waals surface area contributed by atoms with E-state index in [1.165, 1.54) is 39.2 Å². The van der Waals surface area contributed by atoms with Crippen LogP contribution in [-0.2, 0) is 19.4 Å². The van der Waals surface area contributed by atoms with E-state index in [1.807, 2.05) is 0 Å². The second kappa shape index (κ2) is 6.85. The Hall–Kier alpha value is -3.19. The standard InChI is InChI=1S/C26H22N/c1-3-9-20(10-4-1)19-27-25(22-12-5-2-6-13-22)18-17-23-16-15-21-11-7-8-14-24(21)26(23)27/h1-14,17-18H,15-16,19H2/q+1. The summed E-state index contributed by atoms with van der Waals surface area (Å²) >= 11 is 0. The van der Waals surface area contributed by atoms with Gasteiger partial charge in [0.1, 0.15) is 0 Å². The van der Waals surface area contributed by atoms with Crippen molar-refractivity contribution in [2.45, 2.75) is 19.4 Å². The highest BCUT2D eigenvalue weighted by Gasteiger charge is 2.28. The number of fused-ring (bicyclic) bond motifs is 3. The Kier molecular flexibility index (Phi) is 4.06. The highest BCUT2D eigenvalue weighted by atomic mass is 15.0. The van der Waals surface area contributed by atoms with Crippen LogP contribution in [0.1, 0.15) is 16.7 Å². The number of aromatic nitrogens is 1. The first-order valence-corrected chi connectivity index (χ1v) is 9.63. The average Bonchev–Trinajstić information content (AvgIpc) is 2.75. The number of benzene rings is 3. The topological polar surface area (TPSA) is 3.88 Å². The van der Waals surface area contributed by atoms with E-state index in [1.54, 1.807) is 0 Å². The molecule has 3 aromatic carbocycles. The maximum absolute atomic E-state index is 2.51. The van der Waals surface area contributed by atoms with Crippen LogP contribution < -0.4 is 4.57 Å². The average molecular weight is 348 g/mol. The molecule has 0 fully saturated rings. The van der Waals surface area contributed by atoms with E-state index in [9.17, 15) is 0 Å². The summed E-state index contributed by atoms with van der Waals surface area (Å²) in [6.07, 6.45) is 2.23. The monoisotopic (exact) mass is 348 g/mol. The zero-order valence-electron chi connectivity index (χ0n) is 15.3. The van der Waals surface area contributed by atoms with Crippen molar-refractivity contribution in [2.75, 3.05) is 0 Å². The Morgan fingerprint density at radius 2 is 1.26 bits per heavy atom. The molecule has 27 heavy (non-hydrogen) atoms. The minimum atomic E-state index is 0.878. The molecule has 4 aromatic rings. The van der Waals surface area contributed by atoms with Crippen molar-refractivity contribution in [2.24, 2.45) is 0 Å². The van der Waals surface area contributed by atoms with Gasteiger partial charge in [-0.15, -0.1) is 0 Å². The summed E-state index contributed by atoms with van der Waals surface area (Å²) < 4.78 is 2.51. The van der Waals surface area contributed by atoms with Gasteiger partial charge in [0.2, 0.25) is 11.4 Å². The van der Waals surface area contributed by atoms with Crippen LogP contribution in [0.25, 0.3) is 22.5 Å². The van der Waals surface area contributed by atoms with Crippen LogP contribution in [0.5, 0.6) is 0 Å². The van der Waals surface area contributed by atoms with E-state index in [0.717, 1.165) is 19.4 Å². The van der Waals surface area contributed by atoms with Gasteiger partial charge in [-0.2, -0.15) is 4.57 Å². The molecule has 0 aliphatic heterocycles. The lowest BCUT2D eigenvalue weighted by molar-refractivity contribution is -0.667. The Balaban J connectivity index is 1.77. The van der Waals surface area contributed by atoms with Crippen LogP contribution >= 0.6 is 0 Å². The molecule has 0 saturated carbocycles. The van der Waals surface area contributed by atoms with Crippen LogP contribution in [0.15, 0.2) is 97.1 Å². The van der Waals surface area contributed by atoms with E-state index in [2.05, 4.69) is 102 Å². The van der Waals surface area contributed by atoms with Crippen molar-refractivity contribution in [3.05, 3.63) is 114 Å². The zero-order chi connectivity index (χ0) is 18.1. The molecule has 0 amide bonds. The van der Waals surface area contributed by atoms with Crippen LogP contribution in [0.3, 0.4) is 0 Å². The molecule has 0 spiro atoms. The first-order chi connectivity index (χ1) is 13.4. The summed E-state index contributed by atoms with van der Waals surface area (Å²) in [5.41, 5.74) is 9.53. The SMILES string of the molecule is c1ccc(C[n+]2c(-c3ccccc3)ccc3c2-c2ccccc2CC3)cc1. The van der Waals surface area contributed by atoms with Gasteiger partial charge < -0.3 is 0 Å². The van der Waals surface area contributed by atoms with Crippen LogP contribution in [0.2, 0.25) is 0 Å². The number of pyridine rings is 1. The third kappa shape index (κ3) is 2.96. The largest absolute Gasteiger partial charge is 0.216 e. The predicted molar refractivity (Wildman–Crippen MR) is 110 cm³/mol. The summed E-state index contributed by atoms with van der Waals surface area (Å²) in [7, 11) is 0. The molecule has 1 aliphatic rings. The van der Waals surface area contributed by atoms with Gasteiger partial charge in [-0.05, 0) is 42.7 Å². The zero-order valence-corrected chi connectivity index (χ0v) is 15.3. The molecule has 0 bridgehead atoms. The number of nitrogens with zero attached hydrogens (tertiary/aromatic N) is 1. The predicted octanol–water partition coefficient (Wildman–Crippen LogP) is 5.46. The highest BCUT2D eigenvalue weighted by Crippen LogP contribution is 2.33. The van der Waals surface area contributed by atoms with Crippen molar-refractivity contribution in [3.63, 3.8) is 0 Å². The van der Waals surface area contributed by atoms with Crippen molar-refractivity contribution in [1.29, 1.82) is 0 Å².